The lowest BCUT2D eigenvalue weighted by molar-refractivity contribution is -0.179. The molecule has 6 N–H and O–H groups in total. The van der Waals surface area contributed by atoms with E-state index in [2.05, 4.69) is 22.0 Å². The molecule has 388 valence electrons. The highest BCUT2D eigenvalue weighted by molar-refractivity contribution is 9.10. The van der Waals surface area contributed by atoms with Gasteiger partial charge < -0.3 is 31.0 Å². The zero-order valence-corrected chi connectivity index (χ0v) is 43.0. The lowest BCUT2D eigenvalue weighted by Crippen LogP contribution is -2.53. The van der Waals surface area contributed by atoms with Gasteiger partial charge in [0, 0.05) is 27.4 Å². The Morgan fingerprint density at radius 1 is 0.662 bits per heavy atom. The van der Waals surface area contributed by atoms with Gasteiger partial charge in [-0.15, -0.1) is 0 Å². The van der Waals surface area contributed by atoms with Crippen molar-refractivity contribution in [2.75, 3.05) is 0 Å². The quantitative estimate of drug-likeness (QED) is 0.0987. The highest BCUT2D eigenvalue weighted by atomic mass is 79.9. The fraction of sp³-hybridized carbons (Fsp3) is 0.444. The fourth-order valence-electron chi connectivity index (χ4n) is 12.5. The van der Waals surface area contributed by atoms with E-state index in [1.165, 1.54) is 6.07 Å². The van der Waals surface area contributed by atoms with E-state index in [0.29, 0.717) is 80.8 Å². The van der Waals surface area contributed by atoms with Crippen molar-refractivity contribution in [2.24, 2.45) is 32.3 Å². The monoisotopic (exact) mass is 1080 g/mol. The summed E-state index contributed by atoms with van der Waals surface area (Å²) in [4.78, 5) is 40.8. The van der Waals surface area contributed by atoms with E-state index in [0.717, 1.165) is 37.9 Å². The molecule has 2 atom stereocenters. The predicted octanol–water partition coefficient (Wildman–Crippen LogP) is 7.88. The number of hydrogen-bond acceptors (Lipinski definition) is 12. The van der Waals surface area contributed by atoms with Crippen molar-refractivity contribution in [3.8, 4) is 23.3 Å². The normalized spacial score (nSPS) is 26.6. The molecule has 2 heterocycles. The third-order valence-electron chi connectivity index (χ3n) is 15.7. The Bertz CT molecular complexity index is 2950. The molecule has 0 radical (unpaired) electrons. The molecular weight excluding hydrogens is 1020 g/mol. The summed E-state index contributed by atoms with van der Waals surface area (Å²) in [6.07, 6.45) is 4.35. The number of nitrogens with zero attached hydrogens (tertiary/aromatic N) is 6. The van der Waals surface area contributed by atoms with Gasteiger partial charge in [-0.2, -0.15) is 28.1 Å². The summed E-state index contributed by atoms with van der Waals surface area (Å²) in [6, 6.07) is 29.3. The fourth-order valence-corrected chi connectivity index (χ4v) is 12.8. The molecule has 2 aliphatic heterocycles. The Kier molecular flexibility index (Phi) is 15.5. The van der Waals surface area contributed by atoms with E-state index in [-0.39, 0.29) is 35.8 Å². The van der Waals surface area contributed by atoms with Crippen molar-refractivity contribution in [3.05, 3.63) is 123 Å². The van der Waals surface area contributed by atoms with Crippen LogP contribution in [0.2, 0.25) is 0 Å². The summed E-state index contributed by atoms with van der Waals surface area (Å²) in [7, 11) is -1.50. The molecule has 6 aliphatic rings. The minimum atomic E-state index is -2.81. The van der Waals surface area contributed by atoms with Crippen molar-refractivity contribution in [1.82, 2.24) is 9.80 Å². The Morgan fingerprint density at radius 2 is 1.09 bits per heavy atom. The maximum absolute atomic E-state index is 14.2. The third-order valence-corrected chi connectivity index (χ3v) is 16.2. The zero-order chi connectivity index (χ0) is 53.5. The summed E-state index contributed by atoms with van der Waals surface area (Å²) in [5.41, 5.74) is 16.1. The molecule has 4 aromatic rings. The van der Waals surface area contributed by atoms with Gasteiger partial charge in [0.05, 0.1) is 35.5 Å². The second-order valence-electron chi connectivity index (χ2n) is 20.5. The van der Waals surface area contributed by atoms with E-state index in [1.54, 1.807) is 34.1 Å². The van der Waals surface area contributed by atoms with Crippen molar-refractivity contribution in [1.29, 1.82) is 10.5 Å². The van der Waals surface area contributed by atoms with Crippen LogP contribution >= 0.6 is 15.9 Å². The average Bonchev–Trinajstić information content (AvgIpc) is 4.00. The molecule has 4 spiro atoms. The smallest absolute Gasteiger partial charge is 0.423 e. The number of aliphatic imine (C=N–C) groups is 2. The average molecular weight is 1080 g/mol. The number of halogens is 5. The number of alkyl halides is 4. The summed E-state index contributed by atoms with van der Waals surface area (Å²) >= 11 is 3.52. The molecule has 2 fully saturated rings. The number of ether oxygens (including phenoxy) is 2. The molecule has 4 aliphatic carbocycles. The molecule has 74 heavy (non-hydrogen) atoms. The van der Waals surface area contributed by atoms with Crippen LogP contribution in [-0.4, -0.2) is 88.2 Å². The van der Waals surface area contributed by atoms with Crippen LogP contribution in [0.3, 0.4) is 0 Å². The second kappa shape index (κ2) is 21.2. The van der Waals surface area contributed by atoms with Crippen LogP contribution in [0.15, 0.2) is 99.4 Å². The number of amides is 2. The summed E-state index contributed by atoms with van der Waals surface area (Å²) in [5.74, 6) is 0.170. The number of benzene rings is 4. The first-order valence-corrected chi connectivity index (χ1v) is 25.5. The van der Waals surface area contributed by atoms with Crippen LogP contribution < -0.4 is 16.9 Å². The van der Waals surface area contributed by atoms with Crippen LogP contribution in [0.5, 0.6) is 0 Å². The van der Waals surface area contributed by atoms with Gasteiger partial charge in [0.1, 0.15) is 0 Å². The number of nitrogens with two attached hydrogens (primary N) is 2. The number of nitriles is 2. The number of guanidine groups is 2. The van der Waals surface area contributed by atoms with Gasteiger partial charge in [0.25, 0.3) is 11.8 Å². The Labute approximate surface area is 436 Å². The van der Waals surface area contributed by atoms with Crippen LogP contribution in [0.1, 0.15) is 112 Å². The van der Waals surface area contributed by atoms with E-state index in [4.69, 9.17) is 46.2 Å². The number of fused-ring (bicyclic) bond motifs is 6. The Morgan fingerprint density at radius 3 is 1.53 bits per heavy atom. The summed E-state index contributed by atoms with van der Waals surface area (Å²) in [6.45, 7) is 2.04. The van der Waals surface area contributed by atoms with E-state index >= 15 is 0 Å². The molecule has 2 unspecified atom stereocenters. The lowest BCUT2D eigenvalue weighted by Gasteiger charge is -2.45. The van der Waals surface area contributed by atoms with E-state index in [9.17, 15) is 32.4 Å². The zero-order valence-electron chi connectivity index (χ0n) is 41.5. The maximum atomic E-state index is 14.2. The highest BCUT2D eigenvalue weighted by Crippen LogP contribution is 2.64. The molecule has 2 amide bonds. The van der Waals surface area contributed by atoms with Crippen LogP contribution in [0, 0.1) is 33.5 Å². The first kappa shape index (κ1) is 54.1. The van der Waals surface area contributed by atoms with Gasteiger partial charge in [-0.3, -0.25) is 19.4 Å². The van der Waals surface area contributed by atoms with Crippen LogP contribution in [0.25, 0.3) is 11.1 Å². The largest absolute Gasteiger partial charge is 0.488 e. The number of carbonyl (C=O) groups excluding carboxylic acids is 2. The minimum absolute atomic E-state index is 0.106. The third kappa shape index (κ3) is 9.60. The molecule has 2 saturated carbocycles. The van der Waals surface area contributed by atoms with Gasteiger partial charge in [-0.1, -0.05) is 58.4 Å². The SMILES string of the molecule is CC(C)N1C(=O)C2(N=C1N)c1cc(-c3cccc(C#N)c3)ccc1CC21CCC(OC(F)F)CC1.CC(C)N1C(=O)C2(N=C1N)c1cc(Br)ccc1CC21CCC(OC(F)F)CC1.N#Cc1cccc(B(O)O)c1. The molecular formula is C54H58BBrF4N8O6. The number of carbonyl (C=O) groups is 2. The van der Waals surface area contributed by atoms with Gasteiger partial charge >= 0.3 is 20.3 Å². The van der Waals surface area contributed by atoms with Crippen molar-refractivity contribution in [2.45, 2.75) is 140 Å². The Hall–Kier alpha value is -6.16. The van der Waals surface area contributed by atoms with E-state index in [1.807, 2.05) is 88.4 Å². The van der Waals surface area contributed by atoms with Gasteiger partial charge in [0.15, 0.2) is 23.0 Å². The molecule has 20 heteroatoms. The number of hydrogen-bond donors (Lipinski definition) is 4. The number of rotatable bonds is 8. The standard InChI is InChI=1S/C27H28F2N4O2.C20H24BrF2N3O2.C7H6BNO2/c1-16(2)33-23(34)27(32-25(33)31)22-13-19(18-5-3-4-17(12-18)15-30)6-7-20(22)14-26(27)10-8-21(9-11-26)35-24(28)29;1-11(2)26-16(27)20(25-18(26)24)15-9-13(21)4-3-12(15)10-19(20)7-5-14(6-8-19)28-17(22)23;9-5-6-2-1-3-7(4-6)8(10)11/h3-7,12-13,16,21,24H,8-11,14H2,1-2H3,(H2,31,32);3-4,9,11,14,17H,5-8,10H2,1-2H3,(H2,24,25);1-4,10-11H. The minimum Gasteiger partial charge on any atom is -0.423 e. The van der Waals surface area contributed by atoms with Gasteiger partial charge in [-0.25, -0.2) is 9.98 Å². The predicted molar refractivity (Wildman–Crippen MR) is 273 cm³/mol. The highest BCUT2D eigenvalue weighted by Gasteiger charge is 2.68. The van der Waals surface area contributed by atoms with Crippen molar-refractivity contribution >= 4 is 52.2 Å². The van der Waals surface area contributed by atoms with Crippen LogP contribution in [0.4, 0.5) is 17.6 Å². The lowest BCUT2D eigenvalue weighted by atomic mass is 9.61. The van der Waals surface area contributed by atoms with Crippen molar-refractivity contribution < 1.29 is 46.7 Å². The molecule has 0 saturated heterocycles. The van der Waals surface area contributed by atoms with E-state index < -0.39 is 54.5 Å². The van der Waals surface area contributed by atoms with Crippen LogP contribution in [-0.2, 0) is 43.0 Å². The second-order valence-corrected chi connectivity index (χ2v) is 21.4. The molecule has 14 nitrogen and oxygen atoms in total. The van der Waals surface area contributed by atoms with Gasteiger partial charge in [0.2, 0.25) is 0 Å². The first-order valence-electron chi connectivity index (χ1n) is 24.7. The molecule has 0 bridgehead atoms. The summed E-state index contributed by atoms with van der Waals surface area (Å²) in [5, 5.41) is 35.1. The molecule has 0 aromatic heterocycles. The molecule has 10 rings (SSSR count). The molecule has 4 aromatic carbocycles. The summed E-state index contributed by atoms with van der Waals surface area (Å²) < 4.78 is 61.5. The Balaban J connectivity index is 0.000000166. The van der Waals surface area contributed by atoms with Crippen molar-refractivity contribution in [3.63, 3.8) is 0 Å². The van der Waals surface area contributed by atoms with Gasteiger partial charge in [-0.05, 0) is 173 Å². The maximum Gasteiger partial charge on any atom is 0.488 e. The topological polar surface area (TPSA) is 224 Å². The first-order chi connectivity index (χ1) is 35.1.